The Bertz CT molecular complexity index is 1230. The highest BCUT2D eigenvalue weighted by Gasteiger charge is 2.21. The fourth-order valence-corrected chi connectivity index (χ4v) is 3.53. The van der Waals surface area contributed by atoms with Crippen LogP contribution in [-0.4, -0.2) is 30.4 Å². The van der Waals surface area contributed by atoms with Crippen molar-refractivity contribution in [3.63, 3.8) is 0 Å². The molecule has 0 aliphatic rings. The third-order valence-electron chi connectivity index (χ3n) is 3.85. The van der Waals surface area contributed by atoms with E-state index in [2.05, 4.69) is 15.0 Å². The molecule has 1 heterocycles. The van der Waals surface area contributed by atoms with E-state index in [-0.39, 0.29) is 17.1 Å². The first-order chi connectivity index (χ1) is 14.2. The van der Waals surface area contributed by atoms with Gasteiger partial charge in [0.05, 0.1) is 21.8 Å². The zero-order valence-electron chi connectivity index (χ0n) is 15.0. The Morgan fingerprint density at radius 1 is 0.967 bits per heavy atom. The number of anilines is 2. The molecule has 11 heteroatoms. The van der Waals surface area contributed by atoms with Crippen molar-refractivity contribution >= 4 is 33.3 Å². The molecule has 30 heavy (non-hydrogen) atoms. The molecule has 0 saturated carbocycles. The van der Waals surface area contributed by atoms with Gasteiger partial charge in [-0.3, -0.25) is 14.5 Å². The minimum atomic E-state index is -4.44. The average molecular weight is 433 g/mol. The Hall–Kier alpha value is -3.86. The topological polar surface area (TPSA) is 125 Å². The van der Waals surface area contributed by atoms with E-state index in [0.29, 0.717) is 12.1 Å². The Kier molecular flexibility index (Phi) is 5.74. The highest BCUT2D eigenvalue weighted by atomic mass is 32.2. The highest BCUT2D eigenvalue weighted by molar-refractivity contribution is 7.92. The molecule has 0 spiro atoms. The van der Waals surface area contributed by atoms with Crippen LogP contribution in [0.2, 0.25) is 0 Å². The van der Waals surface area contributed by atoms with Crippen LogP contribution in [0.15, 0.2) is 65.7 Å². The number of sulfonamides is 1. The smallest absolute Gasteiger partial charge is 0.338 e. The van der Waals surface area contributed by atoms with Crippen LogP contribution in [0, 0.1) is 11.6 Å². The van der Waals surface area contributed by atoms with E-state index >= 15 is 0 Å². The lowest BCUT2D eigenvalue weighted by Crippen LogP contribution is -2.18. The van der Waals surface area contributed by atoms with E-state index in [1.807, 2.05) is 0 Å². The number of nitrogens with one attached hydrogen (secondary N) is 2. The predicted octanol–water partition coefficient (Wildman–Crippen LogP) is 3.11. The number of aromatic nitrogens is 1. The number of benzene rings is 2. The number of rotatable bonds is 6. The van der Waals surface area contributed by atoms with Crippen molar-refractivity contribution in [1.82, 2.24) is 4.98 Å². The van der Waals surface area contributed by atoms with Crippen molar-refractivity contribution in [1.29, 1.82) is 0 Å². The molecule has 2 aromatic carbocycles. The Morgan fingerprint density at radius 2 is 1.73 bits per heavy atom. The van der Waals surface area contributed by atoms with Crippen LogP contribution in [-0.2, 0) is 10.0 Å². The first-order valence-electron chi connectivity index (χ1n) is 8.25. The first-order valence-corrected chi connectivity index (χ1v) is 9.73. The molecule has 0 atom stereocenters. The van der Waals surface area contributed by atoms with E-state index in [0.717, 1.165) is 24.3 Å². The average Bonchev–Trinajstić information content (AvgIpc) is 2.70. The van der Waals surface area contributed by atoms with Crippen LogP contribution in [0.5, 0.6) is 0 Å². The molecule has 0 bridgehead atoms. The van der Waals surface area contributed by atoms with Gasteiger partial charge in [-0.25, -0.2) is 22.0 Å². The van der Waals surface area contributed by atoms with E-state index in [9.17, 15) is 26.8 Å². The fourth-order valence-electron chi connectivity index (χ4n) is 2.43. The summed E-state index contributed by atoms with van der Waals surface area (Å²) in [4.78, 5) is 26.6. The maximum absolute atomic E-state index is 13.7. The fraction of sp³-hybridized carbons (Fsp3) is 0. The van der Waals surface area contributed by atoms with Gasteiger partial charge in [0.25, 0.3) is 15.9 Å². The summed E-state index contributed by atoms with van der Waals surface area (Å²) in [5.74, 6) is -4.24. The lowest BCUT2D eigenvalue weighted by Gasteiger charge is -2.14. The number of carbonyl (C=O) groups is 2. The molecule has 3 aromatic rings. The molecule has 0 fully saturated rings. The summed E-state index contributed by atoms with van der Waals surface area (Å²) in [6.07, 6.45) is 1.39. The number of carboxylic acid groups (broad SMARTS) is 1. The second kappa shape index (κ2) is 8.25. The molecule has 0 unspecified atom stereocenters. The maximum atomic E-state index is 13.7. The quantitative estimate of drug-likeness (QED) is 0.549. The molecule has 8 nitrogen and oxygen atoms in total. The molecule has 0 aliphatic heterocycles. The SMILES string of the molecule is O=C(Nc1ccc(F)cc1NS(=O)(=O)c1ccc(F)c(C(=O)O)c1)c1ccccn1. The van der Waals surface area contributed by atoms with Crippen LogP contribution >= 0.6 is 0 Å². The molecule has 0 aliphatic carbocycles. The molecular formula is C19H13F2N3O5S. The molecule has 3 rings (SSSR count). The second-order valence-electron chi connectivity index (χ2n) is 5.91. The number of hydrogen-bond acceptors (Lipinski definition) is 5. The van der Waals surface area contributed by atoms with Gasteiger partial charge in [0.2, 0.25) is 0 Å². The van der Waals surface area contributed by atoms with E-state index in [1.165, 1.54) is 12.3 Å². The Labute approximate surface area is 169 Å². The van der Waals surface area contributed by atoms with Gasteiger partial charge in [-0.15, -0.1) is 0 Å². The number of carbonyl (C=O) groups excluding carboxylic acids is 1. The largest absolute Gasteiger partial charge is 0.478 e. The first kappa shape index (κ1) is 20.9. The summed E-state index contributed by atoms with van der Waals surface area (Å²) in [6.45, 7) is 0. The summed E-state index contributed by atoms with van der Waals surface area (Å²) < 4.78 is 54.6. The summed E-state index contributed by atoms with van der Waals surface area (Å²) >= 11 is 0. The minimum absolute atomic E-state index is 0.0419. The van der Waals surface area contributed by atoms with Crippen molar-refractivity contribution in [2.75, 3.05) is 10.0 Å². The minimum Gasteiger partial charge on any atom is -0.478 e. The number of pyridine rings is 1. The lowest BCUT2D eigenvalue weighted by molar-refractivity contribution is 0.0691. The summed E-state index contributed by atoms with van der Waals surface area (Å²) in [5.41, 5.74) is -1.20. The lowest BCUT2D eigenvalue weighted by atomic mass is 10.2. The Morgan fingerprint density at radius 3 is 2.40 bits per heavy atom. The maximum Gasteiger partial charge on any atom is 0.338 e. The van der Waals surface area contributed by atoms with Gasteiger partial charge >= 0.3 is 5.97 Å². The Balaban J connectivity index is 1.94. The number of hydrogen-bond donors (Lipinski definition) is 3. The van der Waals surface area contributed by atoms with Crippen molar-refractivity contribution in [2.24, 2.45) is 0 Å². The van der Waals surface area contributed by atoms with Crippen LogP contribution in [0.1, 0.15) is 20.8 Å². The zero-order valence-corrected chi connectivity index (χ0v) is 15.8. The van der Waals surface area contributed by atoms with Crippen LogP contribution in [0.25, 0.3) is 0 Å². The van der Waals surface area contributed by atoms with Crippen molar-refractivity contribution in [3.8, 4) is 0 Å². The third kappa shape index (κ3) is 4.58. The van der Waals surface area contributed by atoms with Gasteiger partial charge in [0, 0.05) is 12.3 Å². The monoisotopic (exact) mass is 433 g/mol. The van der Waals surface area contributed by atoms with Gasteiger partial charge in [0.1, 0.15) is 17.3 Å². The van der Waals surface area contributed by atoms with Crippen LogP contribution < -0.4 is 10.0 Å². The summed E-state index contributed by atoms with van der Waals surface area (Å²) in [5, 5.41) is 11.4. The van der Waals surface area contributed by atoms with Gasteiger partial charge in [-0.1, -0.05) is 6.07 Å². The molecule has 1 amide bonds. The highest BCUT2D eigenvalue weighted by Crippen LogP contribution is 2.27. The number of amides is 1. The van der Waals surface area contributed by atoms with Gasteiger partial charge in [-0.2, -0.15) is 0 Å². The molecule has 3 N–H and O–H groups in total. The third-order valence-corrected chi connectivity index (χ3v) is 5.21. The predicted molar refractivity (Wildman–Crippen MR) is 103 cm³/mol. The van der Waals surface area contributed by atoms with E-state index < -0.39 is 44.0 Å². The normalized spacial score (nSPS) is 11.0. The van der Waals surface area contributed by atoms with E-state index in [4.69, 9.17) is 5.11 Å². The number of aromatic carboxylic acids is 1. The molecule has 0 saturated heterocycles. The number of halogens is 2. The number of carboxylic acids is 1. The van der Waals surface area contributed by atoms with Gasteiger partial charge < -0.3 is 10.4 Å². The molecule has 1 aromatic heterocycles. The second-order valence-corrected chi connectivity index (χ2v) is 7.59. The molecular weight excluding hydrogens is 420 g/mol. The van der Waals surface area contributed by atoms with Crippen molar-refractivity contribution in [2.45, 2.75) is 4.90 Å². The van der Waals surface area contributed by atoms with Crippen LogP contribution in [0.4, 0.5) is 20.2 Å². The standard InChI is InChI=1S/C19H13F2N3O5S/c20-11-4-7-15(23-18(25)16-3-1-2-8-22-16)17(9-11)24-30(28,29)12-5-6-14(21)13(10-12)19(26)27/h1-10,24H,(H,23,25)(H,26,27). The molecule has 0 radical (unpaired) electrons. The number of nitrogens with zero attached hydrogens (tertiary/aromatic N) is 1. The molecule has 154 valence electrons. The van der Waals surface area contributed by atoms with Crippen LogP contribution in [0.3, 0.4) is 0 Å². The van der Waals surface area contributed by atoms with E-state index in [1.54, 1.807) is 12.1 Å². The summed E-state index contributed by atoms with van der Waals surface area (Å²) in [7, 11) is -4.44. The van der Waals surface area contributed by atoms with Crippen molar-refractivity contribution < 1.29 is 31.9 Å². The summed E-state index contributed by atoms with van der Waals surface area (Å²) in [6, 6.07) is 9.75. The zero-order chi connectivity index (χ0) is 21.9. The van der Waals surface area contributed by atoms with Crippen molar-refractivity contribution in [3.05, 3.63) is 83.7 Å². The van der Waals surface area contributed by atoms with Gasteiger partial charge in [-0.05, 0) is 42.5 Å². The van der Waals surface area contributed by atoms with Gasteiger partial charge in [0.15, 0.2) is 0 Å².